The van der Waals surface area contributed by atoms with Crippen LogP contribution in [-0.4, -0.2) is 0 Å². The summed E-state index contributed by atoms with van der Waals surface area (Å²) in [4.78, 5) is 0. The second kappa shape index (κ2) is 11.1. The standard InChI is InChI=1S/C30H13Br4F9/c1-12-2-13-3-17(24(31)8-15(13)5-21(12)28(35,36)37)19-10-27(34)20(11-26(19)33)18-4-14-6-22(29(38,39)40)23(30(41,42)43)7-16(14)9-25(18)32/h2-11H,1H3. The highest BCUT2D eigenvalue weighted by Gasteiger charge is 2.43. The number of aryl methyl sites for hydroxylation is 1. The first kappa shape index (κ1) is 32.3. The molecule has 5 aromatic carbocycles. The number of benzene rings is 5. The molecule has 0 saturated heterocycles. The van der Waals surface area contributed by atoms with Crippen LogP contribution in [0.2, 0.25) is 0 Å². The number of halogens is 13. The minimum atomic E-state index is -5.22. The van der Waals surface area contributed by atoms with Gasteiger partial charge in [0.2, 0.25) is 0 Å². The van der Waals surface area contributed by atoms with Crippen LogP contribution in [0.15, 0.2) is 78.6 Å². The van der Waals surface area contributed by atoms with Crippen LogP contribution >= 0.6 is 63.7 Å². The normalized spacial score (nSPS) is 12.9. The Morgan fingerprint density at radius 2 is 0.651 bits per heavy atom. The molecule has 0 N–H and O–H groups in total. The SMILES string of the molecule is Cc1cc2cc(-c3cc(Br)c(-c4cc5cc(C(F)(F)F)c(C(F)(F)F)cc5cc4Br)cc3Br)c(Br)cc2cc1C(F)(F)F. The van der Waals surface area contributed by atoms with E-state index >= 15 is 0 Å². The molecule has 0 aliphatic rings. The molecule has 0 aromatic heterocycles. The second-order valence-corrected chi connectivity index (χ2v) is 13.1. The molecular weight excluding hydrogens is 851 g/mol. The molecule has 13 heteroatoms. The molecule has 5 rings (SSSR count). The molecule has 0 saturated carbocycles. The summed E-state index contributed by atoms with van der Waals surface area (Å²) in [6, 6.07) is 13.0. The van der Waals surface area contributed by atoms with Gasteiger partial charge in [-0.05, 0) is 111 Å². The van der Waals surface area contributed by atoms with Crippen LogP contribution in [0.3, 0.4) is 0 Å². The van der Waals surface area contributed by atoms with Crippen molar-refractivity contribution in [3.05, 3.63) is 101 Å². The summed E-state index contributed by atoms with van der Waals surface area (Å²) in [5, 5.41) is 0.877. The van der Waals surface area contributed by atoms with E-state index in [-0.39, 0.29) is 16.3 Å². The molecule has 0 unspecified atom stereocenters. The lowest BCUT2D eigenvalue weighted by Gasteiger charge is -2.18. The maximum atomic E-state index is 13.6. The average molecular weight is 864 g/mol. The van der Waals surface area contributed by atoms with Gasteiger partial charge in [0.15, 0.2) is 0 Å². The Labute approximate surface area is 271 Å². The number of fused-ring (bicyclic) bond motifs is 2. The van der Waals surface area contributed by atoms with E-state index in [0.29, 0.717) is 63.0 Å². The predicted octanol–water partition coefficient (Wildman–Crippen LogP) is 13.7. The third-order valence-electron chi connectivity index (χ3n) is 6.89. The zero-order valence-electron chi connectivity index (χ0n) is 21.2. The summed E-state index contributed by atoms with van der Waals surface area (Å²) in [7, 11) is 0. The van der Waals surface area contributed by atoms with Gasteiger partial charge < -0.3 is 0 Å². The Bertz CT molecular complexity index is 1940. The number of hydrogen-bond acceptors (Lipinski definition) is 0. The van der Waals surface area contributed by atoms with E-state index in [1.165, 1.54) is 25.1 Å². The van der Waals surface area contributed by atoms with Gasteiger partial charge in [0.05, 0.1) is 16.7 Å². The van der Waals surface area contributed by atoms with Gasteiger partial charge in [0, 0.05) is 17.9 Å². The quantitative estimate of drug-likeness (QED) is 0.155. The molecule has 0 aliphatic carbocycles. The highest BCUT2D eigenvalue weighted by atomic mass is 79.9. The number of rotatable bonds is 2. The minimum absolute atomic E-state index is 0.0353. The summed E-state index contributed by atoms with van der Waals surface area (Å²) in [6.07, 6.45) is -14.9. The summed E-state index contributed by atoms with van der Waals surface area (Å²) >= 11 is 13.8. The first-order chi connectivity index (χ1) is 19.8. The maximum absolute atomic E-state index is 13.6. The van der Waals surface area contributed by atoms with Crippen molar-refractivity contribution in [3.63, 3.8) is 0 Å². The smallest absolute Gasteiger partial charge is 0.166 e. The summed E-state index contributed by atoms with van der Waals surface area (Å²) < 4.78 is 123. The van der Waals surface area contributed by atoms with Crippen molar-refractivity contribution in [1.29, 1.82) is 0 Å². The molecular formula is C30H13Br4F9. The molecule has 0 nitrogen and oxygen atoms in total. The number of alkyl halides is 9. The zero-order valence-corrected chi connectivity index (χ0v) is 27.5. The second-order valence-electron chi connectivity index (χ2n) is 9.73. The van der Waals surface area contributed by atoms with Crippen molar-refractivity contribution in [2.75, 3.05) is 0 Å². The van der Waals surface area contributed by atoms with E-state index in [9.17, 15) is 39.5 Å². The molecule has 0 bridgehead atoms. The van der Waals surface area contributed by atoms with Gasteiger partial charge in [0.1, 0.15) is 0 Å². The van der Waals surface area contributed by atoms with Crippen LogP contribution in [0.4, 0.5) is 39.5 Å². The van der Waals surface area contributed by atoms with Crippen LogP contribution in [-0.2, 0) is 18.5 Å². The molecule has 0 fully saturated rings. The van der Waals surface area contributed by atoms with Gasteiger partial charge in [-0.1, -0.05) is 69.8 Å². The fourth-order valence-corrected chi connectivity index (χ4v) is 7.17. The Morgan fingerprint density at radius 1 is 0.372 bits per heavy atom. The Morgan fingerprint density at radius 3 is 1.02 bits per heavy atom. The molecule has 0 amide bonds. The molecule has 0 atom stereocenters. The van der Waals surface area contributed by atoms with Crippen molar-refractivity contribution in [2.24, 2.45) is 0 Å². The largest absolute Gasteiger partial charge is 0.417 e. The average Bonchev–Trinajstić information content (AvgIpc) is 2.86. The zero-order chi connectivity index (χ0) is 31.8. The predicted molar refractivity (Wildman–Crippen MR) is 163 cm³/mol. The molecule has 0 radical (unpaired) electrons. The maximum Gasteiger partial charge on any atom is 0.417 e. The third-order valence-corrected chi connectivity index (χ3v) is 9.51. The molecule has 5 aromatic rings. The summed E-state index contributed by atoms with van der Waals surface area (Å²) in [6.45, 7) is 1.38. The Hall–Kier alpha value is -2.09. The fourth-order valence-electron chi connectivity index (χ4n) is 4.90. The lowest BCUT2D eigenvalue weighted by molar-refractivity contribution is -0.161. The van der Waals surface area contributed by atoms with Gasteiger partial charge in [-0.15, -0.1) is 0 Å². The topological polar surface area (TPSA) is 0 Å². The van der Waals surface area contributed by atoms with Crippen LogP contribution in [0.25, 0.3) is 43.8 Å². The highest BCUT2D eigenvalue weighted by Crippen LogP contribution is 2.47. The van der Waals surface area contributed by atoms with Gasteiger partial charge in [-0.2, -0.15) is 39.5 Å². The third kappa shape index (κ3) is 6.24. The molecule has 224 valence electrons. The van der Waals surface area contributed by atoms with E-state index in [1.807, 2.05) is 0 Å². The van der Waals surface area contributed by atoms with Gasteiger partial charge in [-0.3, -0.25) is 0 Å². The van der Waals surface area contributed by atoms with Crippen molar-refractivity contribution in [2.45, 2.75) is 25.5 Å². The Kier molecular flexibility index (Phi) is 8.31. The van der Waals surface area contributed by atoms with E-state index in [4.69, 9.17) is 0 Å². The van der Waals surface area contributed by atoms with Crippen molar-refractivity contribution >= 4 is 85.3 Å². The van der Waals surface area contributed by atoms with Gasteiger partial charge in [-0.25, -0.2) is 0 Å². The molecule has 43 heavy (non-hydrogen) atoms. The van der Waals surface area contributed by atoms with Crippen molar-refractivity contribution in [1.82, 2.24) is 0 Å². The number of hydrogen-bond donors (Lipinski definition) is 0. The van der Waals surface area contributed by atoms with Gasteiger partial charge >= 0.3 is 18.5 Å². The minimum Gasteiger partial charge on any atom is -0.166 e. The lowest BCUT2D eigenvalue weighted by atomic mass is 9.94. The van der Waals surface area contributed by atoms with Crippen LogP contribution < -0.4 is 0 Å². The van der Waals surface area contributed by atoms with Crippen molar-refractivity contribution in [3.8, 4) is 22.3 Å². The molecule has 0 aliphatic heterocycles. The van der Waals surface area contributed by atoms with Gasteiger partial charge in [0.25, 0.3) is 0 Å². The fraction of sp³-hybridized carbons (Fsp3) is 0.133. The molecule has 0 heterocycles. The van der Waals surface area contributed by atoms with Crippen molar-refractivity contribution < 1.29 is 39.5 Å². The first-order valence-electron chi connectivity index (χ1n) is 12.0. The Balaban J connectivity index is 1.65. The monoisotopic (exact) mass is 860 g/mol. The van der Waals surface area contributed by atoms with Crippen LogP contribution in [0.5, 0.6) is 0 Å². The van der Waals surface area contributed by atoms with E-state index < -0.39 is 35.2 Å². The summed E-state index contributed by atoms with van der Waals surface area (Å²) in [5.41, 5.74) is -1.99. The highest BCUT2D eigenvalue weighted by molar-refractivity contribution is 9.11. The van der Waals surface area contributed by atoms with Crippen LogP contribution in [0.1, 0.15) is 22.3 Å². The van der Waals surface area contributed by atoms with E-state index in [1.54, 1.807) is 24.3 Å². The van der Waals surface area contributed by atoms with E-state index in [2.05, 4.69) is 63.7 Å². The van der Waals surface area contributed by atoms with E-state index in [0.717, 1.165) is 6.07 Å². The molecule has 0 spiro atoms. The first-order valence-corrected chi connectivity index (χ1v) is 15.2. The van der Waals surface area contributed by atoms with Crippen LogP contribution in [0, 0.1) is 6.92 Å². The lowest BCUT2D eigenvalue weighted by Crippen LogP contribution is -2.16. The summed E-state index contributed by atoms with van der Waals surface area (Å²) in [5.74, 6) is 0.